The molecule has 2 atom stereocenters. The summed E-state index contributed by atoms with van der Waals surface area (Å²) in [7, 11) is 0. The quantitative estimate of drug-likeness (QED) is 0.906. The van der Waals surface area contributed by atoms with Gasteiger partial charge in [-0.05, 0) is 36.5 Å². The molecule has 1 N–H and O–H groups in total. The molecule has 0 aliphatic carbocycles. The Balaban J connectivity index is 2.02. The maximum Gasteiger partial charge on any atom is 0.308 e. The SMILES string of the molecule is CCCCc1ccc(C(=O)N2C[C@@H](C)[C@H](C(=O)O)C2)cc1. The summed E-state index contributed by atoms with van der Waals surface area (Å²) in [5.74, 6) is -1.31. The first-order valence-corrected chi connectivity index (χ1v) is 7.64. The molecule has 0 aromatic heterocycles. The Morgan fingerprint density at radius 1 is 1.24 bits per heavy atom. The lowest BCUT2D eigenvalue weighted by atomic mass is 9.99. The van der Waals surface area contributed by atoms with Gasteiger partial charge in [-0.25, -0.2) is 0 Å². The molecule has 4 heteroatoms. The van der Waals surface area contributed by atoms with Crippen LogP contribution in [0, 0.1) is 11.8 Å². The predicted molar refractivity (Wildman–Crippen MR) is 81.2 cm³/mol. The Labute approximate surface area is 125 Å². The summed E-state index contributed by atoms with van der Waals surface area (Å²) in [5.41, 5.74) is 1.89. The minimum Gasteiger partial charge on any atom is -0.481 e. The van der Waals surface area contributed by atoms with Gasteiger partial charge in [0.25, 0.3) is 5.91 Å². The largest absolute Gasteiger partial charge is 0.481 e. The van der Waals surface area contributed by atoms with Gasteiger partial charge in [0.2, 0.25) is 0 Å². The molecule has 1 saturated heterocycles. The first kappa shape index (κ1) is 15.5. The molecular formula is C17H23NO3. The van der Waals surface area contributed by atoms with Gasteiger partial charge in [0.15, 0.2) is 0 Å². The number of benzene rings is 1. The van der Waals surface area contributed by atoms with Gasteiger partial charge in [0.1, 0.15) is 0 Å². The molecule has 1 aliphatic heterocycles. The Kier molecular flexibility index (Phi) is 4.99. The van der Waals surface area contributed by atoms with Crippen LogP contribution in [0.4, 0.5) is 0 Å². The first-order valence-electron chi connectivity index (χ1n) is 7.64. The molecule has 0 unspecified atom stereocenters. The molecule has 1 heterocycles. The van der Waals surface area contributed by atoms with Crippen LogP contribution in [-0.4, -0.2) is 35.0 Å². The van der Waals surface area contributed by atoms with E-state index in [2.05, 4.69) is 6.92 Å². The lowest BCUT2D eigenvalue weighted by molar-refractivity contribution is -0.142. The zero-order valence-corrected chi connectivity index (χ0v) is 12.7. The van der Waals surface area contributed by atoms with Gasteiger partial charge in [0, 0.05) is 18.7 Å². The lowest BCUT2D eigenvalue weighted by Crippen LogP contribution is -2.29. The molecule has 0 saturated carbocycles. The summed E-state index contributed by atoms with van der Waals surface area (Å²) in [6, 6.07) is 7.70. The van der Waals surface area contributed by atoms with Crippen LogP contribution in [-0.2, 0) is 11.2 Å². The number of nitrogens with zero attached hydrogens (tertiary/aromatic N) is 1. The monoisotopic (exact) mass is 289 g/mol. The smallest absolute Gasteiger partial charge is 0.308 e. The summed E-state index contributed by atoms with van der Waals surface area (Å²) >= 11 is 0. The fraction of sp³-hybridized carbons (Fsp3) is 0.529. The number of hydrogen-bond acceptors (Lipinski definition) is 2. The van der Waals surface area contributed by atoms with E-state index in [1.807, 2.05) is 31.2 Å². The minimum absolute atomic E-state index is 0.00952. The standard InChI is InChI=1S/C17H23NO3/c1-3-4-5-13-6-8-14(9-7-13)16(19)18-10-12(2)15(11-18)17(20)21/h6-9,12,15H,3-5,10-11H2,1-2H3,(H,20,21)/t12-,15-/m1/s1. The number of hydrogen-bond donors (Lipinski definition) is 1. The van der Waals surface area contributed by atoms with Crippen LogP contribution in [0.1, 0.15) is 42.6 Å². The zero-order valence-electron chi connectivity index (χ0n) is 12.7. The molecule has 4 nitrogen and oxygen atoms in total. The van der Waals surface area contributed by atoms with E-state index in [1.165, 1.54) is 5.56 Å². The zero-order chi connectivity index (χ0) is 15.4. The van der Waals surface area contributed by atoms with E-state index in [0.717, 1.165) is 19.3 Å². The third-order valence-electron chi connectivity index (χ3n) is 4.24. The van der Waals surface area contributed by atoms with Gasteiger partial charge in [-0.2, -0.15) is 0 Å². The van der Waals surface area contributed by atoms with Crippen molar-refractivity contribution < 1.29 is 14.7 Å². The lowest BCUT2D eigenvalue weighted by Gasteiger charge is -2.16. The molecule has 1 fully saturated rings. The van der Waals surface area contributed by atoms with E-state index in [1.54, 1.807) is 4.90 Å². The van der Waals surface area contributed by atoms with Crippen LogP contribution in [0.3, 0.4) is 0 Å². The number of aryl methyl sites for hydroxylation is 1. The minimum atomic E-state index is -0.812. The van der Waals surface area contributed by atoms with E-state index in [9.17, 15) is 9.59 Å². The Morgan fingerprint density at radius 2 is 1.90 bits per heavy atom. The summed E-state index contributed by atoms with van der Waals surface area (Å²) < 4.78 is 0. The third kappa shape index (κ3) is 3.63. The number of amides is 1. The van der Waals surface area contributed by atoms with Crippen molar-refractivity contribution in [3.05, 3.63) is 35.4 Å². The van der Waals surface area contributed by atoms with Gasteiger partial charge in [-0.15, -0.1) is 0 Å². The number of carbonyl (C=O) groups excluding carboxylic acids is 1. The van der Waals surface area contributed by atoms with Crippen LogP contribution < -0.4 is 0 Å². The highest BCUT2D eigenvalue weighted by Gasteiger charge is 2.37. The van der Waals surface area contributed by atoms with Gasteiger partial charge < -0.3 is 10.0 Å². The van der Waals surface area contributed by atoms with E-state index in [-0.39, 0.29) is 11.8 Å². The van der Waals surface area contributed by atoms with Crippen molar-refractivity contribution in [1.29, 1.82) is 0 Å². The van der Waals surface area contributed by atoms with Gasteiger partial charge >= 0.3 is 5.97 Å². The predicted octanol–water partition coefficient (Wildman–Crippen LogP) is 2.82. The number of unbranched alkanes of at least 4 members (excludes halogenated alkanes) is 1. The number of rotatable bonds is 5. The molecule has 0 radical (unpaired) electrons. The van der Waals surface area contributed by atoms with Crippen molar-refractivity contribution in [2.24, 2.45) is 11.8 Å². The maximum absolute atomic E-state index is 12.4. The molecule has 0 spiro atoms. The Hall–Kier alpha value is -1.84. The molecular weight excluding hydrogens is 266 g/mol. The fourth-order valence-electron chi connectivity index (χ4n) is 2.83. The fourth-order valence-corrected chi connectivity index (χ4v) is 2.83. The van der Waals surface area contributed by atoms with Crippen molar-refractivity contribution in [3.8, 4) is 0 Å². The van der Waals surface area contributed by atoms with Crippen LogP contribution in [0.25, 0.3) is 0 Å². The van der Waals surface area contributed by atoms with Crippen molar-refractivity contribution >= 4 is 11.9 Å². The second-order valence-corrected chi connectivity index (χ2v) is 5.93. The first-order chi connectivity index (χ1) is 10.0. The number of carboxylic acid groups (broad SMARTS) is 1. The van der Waals surface area contributed by atoms with E-state index >= 15 is 0 Å². The number of likely N-dealkylation sites (tertiary alicyclic amines) is 1. The summed E-state index contributed by atoms with van der Waals surface area (Å²) in [6.45, 7) is 4.88. The molecule has 1 aliphatic rings. The van der Waals surface area contributed by atoms with Crippen molar-refractivity contribution in [2.45, 2.75) is 33.1 Å². The number of carboxylic acids is 1. The van der Waals surface area contributed by atoms with Crippen LogP contribution in [0.5, 0.6) is 0 Å². The Bertz CT molecular complexity index is 509. The van der Waals surface area contributed by atoms with E-state index < -0.39 is 11.9 Å². The number of aliphatic carboxylic acids is 1. The molecule has 2 rings (SSSR count). The summed E-state index contributed by atoms with van der Waals surface area (Å²) in [4.78, 5) is 25.2. The van der Waals surface area contributed by atoms with Crippen LogP contribution >= 0.6 is 0 Å². The highest BCUT2D eigenvalue weighted by atomic mass is 16.4. The normalized spacial score (nSPS) is 21.5. The summed E-state index contributed by atoms with van der Waals surface area (Å²) in [6.07, 6.45) is 3.34. The van der Waals surface area contributed by atoms with Gasteiger partial charge in [-0.3, -0.25) is 9.59 Å². The molecule has 1 aromatic carbocycles. The average Bonchev–Trinajstić information content (AvgIpc) is 2.87. The maximum atomic E-state index is 12.4. The highest BCUT2D eigenvalue weighted by Crippen LogP contribution is 2.24. The second kappa shape index (κ2) is 6.74. The topological polar surface area (TPSA) is 57.6 Å². The molecule has 0 bridgehead atoms. The van der Waals surface area contributed by atoms with Crippen molar-refractivity contribution in [1.82, 2.24) is 4.90 Å². The molecule has 1 amide bonds. The molecule has 1 aromatic rings. The third-order valence-corrected chi connectivity index (χ3v) is 4.24. The van der Waals surface area contributed by atoms with E-state index in [0.29, 0.717) is 18.7 Å². The van der Waals surface area contributed by atoms with E-state index in [4.69, 9.17) is 5.11 Å². The van der Waals surface area contributed by atoms with Gasteiger partial charge in [-0.1, -0.05) is 32.4 Å². The van der Waals surface area contributed by atoms with Crippen LogP contribution in [0.2, 0.25) is 0 Å². The average molecular weight is 289 g/mol. The molecule has 21 heavy (non-hydrogen) atoms. The van der Waals surface area contributed by atoms with Crippen molar-refractivity contribution in [3.63, 3.8) is 0 Å². The number of carbonyl (C=O) groups is 2. The molecule has 114 valence electrons. The van der Waals surface area contributed by atoms with Crippen molar-refractivity contribution in [2.75, 3.05) is 13.1 Å². The van der Waals surface area contributed by atoms with Crippen LogP contribution in [0.15, 0.2) is 24.3 Å². The van der Waals surface area contributed by atoms with Gasteiger partial charge in [0.05, 0.1) is 5.92 Å². The summed E-state index contributed by atoms with van der Waals surface area (Å²) in [5, 5.41) is 9.13. The Morgan fingerprint density at radius 3 is 2.43 bits per heavy atom. The highest BCUT2D eigenvalue weighted by molar-refractivity contribution is 5.94. The second-order valence-electron chi connectivity index (χ2n) is 5.93.